The molecule has 2 N–H and O–H groups in total. The molecule has 2 aromatic heterocycles. The molecule has 2 aromatic carbocycles. The summed E-state index contributed by atoms with van der Waals surface area (Å²) in [6.07, 6.45) is 2.76. The second kappa shape index (κ2) is 9.39. The number of halogens is 1. The summed E-state index contributed by atoms with van der Waals surface area (Å²) in [5.74, 6) is -0.499. The van der Waals surface area contributed by atoms with Crippen LogP contribution in [-0.4, -0.2) is 39.3 Å². The second-order valence-electron chi connectivity index (χ2n) is 7.29. The average molecular weight is 474 g/mol. The molecule has 0 spiro atoms. The van der Waals surface area contributed by atoms with Crippen molar-refractivity contribution in [1.29, 1.82) is 0 Å². The lowest BCUT2D eigenvalue weighted by molar-refractivity contribution is 0.198. The molecule has 0 aliphatic carbocycles. The molecule has 174 valence electrons. The normalized spacial score (nSPS) is 12.0. The summed E-state index contributed by atoms with van der Waals surface area (Å²) in [6.45, 7) is 4.00. The van der Waals surface area contributed by atoms with Gasteiger partial charge < -0.3 is 28.6 Å². The number of rotatable bonds is 9. The van der Waals surface area contributed by atoms with Gasteiger partial charge in [0.1, 0.15) is 17.1 Å². The summed E-state index contributed by atoms with van der Waals surface area (Å²) in [5.41, 5.74) is 0.964. The standard InChI is InChI=1S/C23H24FN2O6P/c1-3-31-33(29,32-4-2)14-30-22-17-6-5-11-25-20(17)21(27)19-18(22)13-26(23(19)28)12-15-7-9-16(24)10-8-15/h5-11,13,27-28H,3-4,12,14H2,1-2H3. The van der Waals surface area contributed by atoms with Crippen LogP contribution in [0.25, 0.3) is 21.7 Å². The quantitative estimate of drug-likeness (QED) is 0.314. The van der Waals surface area contributed by atoms with E-state index in [0.29, 0.717) is 10.8 Å². The fourth-order valence-corrected chi connectivity index (χ4v) is 5.00. The van der Waals surface area contributed by atoms with Crippen LogP contribution in [0, 0.1) is 5.82 Å². The van der Waals surface area contributed by atoms with E-state index in [0.717, 1.165) is 5.56 Å². The molecule has 0 saturated carbocycles. The topological polar surface area (TPSA) is 103 Å². The Balaban J connectivity index is 1.84. The lowest BCUT2D eigenvalue weighted by Gasteiger charge is -2.18. The number of ether oxygens (including phenoxy) is 1. The summed E-state index contributed by atoms with van der Waals surface area (Å²) in [4.78, 5) is 4.23. The molecule has 8 nitrogen and oxygen atoms in total. The first-order chi connectivity index (χ1) is 15.9. The van der Waals surface area contributed by atoms with Crippen molar-refractivity contribution < 1.29 is 33.0 Å². The summed E-state index contributed by atoms with van der Waals surface area (Å²) in [6, 6.07) is 9.26. The number of nitrogens with zero attached hydrogens (tertiary/aromatic N) is 2. The maximum Gasteiger partial charge on any atom is 0.367 e. The molecule has 0 amide bonds. The second-order valence-corrected chi connectivity index (χ2v) is 9.29. The lowest BCUT2D eigenvalue weighted by Crippen LogP contribution is -2.06. The molecule has 10 heteroatoms. The summed E-state index contributed by atoms with van der Waals surface area (Å²) in [5, 5.41) is 22.8. The van der Waals surface area contributed by atoms with Crippen LogP contribution in [-0.2, 0) is 20.2 Å². The van der Waals surface area contributed by atoms with Crippen LogP contribution >= 0.6 is 7.60 Å². The number of fused-ring (bicyclic) bond motifs is 2. The third-order valence-electron chi connectivity index (χ3n) is 5.09. The molecule has 4 rings (SSSR count). The number of hydrogen-bond donors (Lipinski definition) is 2. The van der Waals surface area contributed by atoms with Gasteiger partial charge in [-0.3, -0.25) is 9.55 Å². The predicted octanol–water partition coefficient (Wildman–Crippen LogP) is 5.39. The maximum atomic E-state index is 13.3. The van der Waals surface area contributed by atoms with Crippen LogP contribution in [0.5, 0.6) is 17.4 Å². The monoisotopic (exact) mass is 474 g/mol. The molecule has 0 aliphatic rings. The Kier molecular flexibility index (Phi) is 6.56. The SMILES string of the molecule is CCOP(=O)(COc1c2cccnc2c(O)c2c(O)n(Cc3ccc(F)cc3)cc12)OCC. The van der Waals surface area contributed by atoms with E-state index in [-0.39, 0.29) is 60.2 Å². The molecular weight excluding hydrogens is 450 g/mol. The van der Waals surface area contributed by atoms with Gasteiger partial charge in [-0.1, -0.05) is 12.1 Å². The van der Waals surface area contributed by atoms with E-state index in [2.05, 4.69) is 4.98 Å². The van der Waals surface area contributed by atoms with Gasteiger partial charge in [0.25, 0.3) is 0 Å². The highest BCUT2D eigenvalue weighted by Gasteiger charge is 2.28. The molecule has 33 heavy (non-hydrogen) atoms. The predicted molar refractivity (Wildman–Crippen MR) is 122 cm³/mol. The molecule has 0 bridgehead atoms. The van der Waals surface area contributed by atoms with Crippen molar-refractivity contribution in [2.24, 2.45) is 0 Å². The highest BCUT2D eigenvalue weighted by Crippen LogP contribution is 2.51. The number of benzene rings is 2. The van der Waals surface area contributed by atoms with Gasteiger partial charge >= 0.3 is 7.60 Å². The van der Waals surface area contributed by atoms with Crippen molar-refractivity contribution in [1.82, 2.24) is 9.55 Å². The van der Waals surface area contributed by atoms with E-state index in [1.165, 1.54) is 22.9 Å². The van der Waals surface area contributed by atoms with Gasteiger partial charge in [0.05, 0.1) is 30.5 Å². The van der Waals surface area contributed by atoms with Crippen LogP contribution in [0.2, 0.25) is 0 Å². The van der Waals surface area contributed by atoms with Crippen LogP contribution < -0.4 is 4.74 Å². The number of aromatic hydroxyl groups is 2. The minimum Gasteiger partial charge on any atom is -0.505 e. The highest BCUT2D eigenvalue weighted by atomic mass is 31.2. The van der Waals surface area contributed by atoms with Crippen LogP contribution in [0.3, 0.4) is 0 Å². The van der Waals surface area contributed by atoms with Crippen molar-refractivity contribution in [3.05, 3.63) is 60.2 Å². The fraction of sp³-hybridized carbons (Fsp3) is 0.261. The maximum absolute atomic E-state index is 13.3. The Morgan fingerprint density at radius 2 is 1.76 bits per heavy atom. The van der Waals surface area contributed by atoms with Crippen molar-refractivity contribution in [3.8, 4) is 17.4 Å². The Labute approximate surface area is 189 Å². The van der Waals surface area contributed by atoms with E-state index >= 15 is 0 Å². The Hall–Kier alpha value is -3.13. The Morgan fingerprint density at radius 3 is 2.42 bits per heavy atom. The van der Waals surface area contributed by atoms with Gasteiger partial charge in [-0.15, -0.1) is 0 Å². The zero-order chi connectivity index (χ0) is 23.6. The molecule has 0 atom stereocenters. The molecule has 4 aromatic rings. The third-order valence-corrected chi connectivity index (χ3v) is 6.84. The molecule has 0 saturated heterocycles. The Morgan fingerprint density at radius 1 is 1.06 bits per heavy atom. The summed E-state index contributed by atoms with van der Waals surface area (Å²) >= 11 is 0. The van der Waals surface area contributed by atoms with Crippen molar-refractivity contribution in [3.63, 3.8) is 0 Å². The summed E-state index contributed by atoms with van der Waals surface area (Å²) in [7, 11) is -3.53. The minimum absolute atomic E-state index is 0.140. The number of hydrogen-bond acceptors (Lipinski definition) is 7. The third kappa shape index (κ3) is 4.53. The van der Waals surface area contributed by atoms with Crippen molar-refractivity contribution >= 4 is 29.3 Å². The van der Waals surface area contributed by atoms with E-state index in [9.17, 15) is 19.2 Å². The average Bonchev–Trinajstić information content (AvgIpc) is 3.11. The zero-order valence-corrected chi connectivity index (χ0v) is 19.1. The van der Waals surface area contributed by atoms with E-state index in [1.807, 2.05) is 0 Å². The lowest BCUT2D eigenvalue weighted by atomic mass is 10.1. The minimum atomic E-state index is -3.53. The van der Waals surface area contributed by atoms with Gasteiger partial charge in [0.2, 0.25) is 5.88 Å². The van der Waals surface area contributed by atoms with Crippen LogP contribution in [0.15, 0.2) is 48.8 Å². The van der Waals surface area contributed by atoms with Crippen LogP contribution in [0.1, 0.15) is 19.4 Å². The first-order valence-electron chi connectivity index (χ1n) is 10.4. The smallest absolute Gasteiger partial charge is 0.367 e. The molecular formula is C23H24FN2O6P. The summed E-state index contributed by atoms with van der Waals surface area (Å²) < 4.78 is 44.3. The van der Waals surface area contributed by atoms with Gasteiger partial charge in [-0.2, -0.15) is 0 Å². The van der Waals surface area contributed by atoms with E-state index in [1.54, 1.807) is 44.3 Å². The van der Waals surface area contributed by atoms with Crippen LogP contribution in [0.4, 0.5) is 4.39 Å². The highest BCUT2D eigenvalue weighted by molar-refractivity contribution is 7.53. The molecule has 0 unspecified atom stereocenters. The van der Waals surface area contributed by atoms with E-state index < -0.39 is 7.60 Å². The molecule has 0 radical (unpaired) electrons. The van der Waals surface area contributed by atoms with Gasteiger partial charge in [-0.05, 0) is 43.7 Å². The number of phenolic OH excluding ortho intramolecular Hbond substituents is 1. The number of phenols is 1. The number of pyridine rings is 1. The first-order valence-corrected chi connectivity index (χ1v) is 12.2. The van der Waals surface area contributed by atoms with Gasteiger partial charge in [0.15, 0.2) is 12.1 Å². The van der Waals surface area contributed by atoms with Gasteiger partial charge in [-0.25, -0.2) is 4.39 Å². The molecule has 0 fully saturated rings. The Bertz CT molecular complexity index is 1330. The van der Waals surface area contributed by atoms with Crippen molar-refractivity contribution in [2.45, 2.75) is 20.4 Å². The first kappa shape index (κ1) is 23.0. The van der Waals surface area contributed by atoms with Gasteiger partial charge in [0, 0.05) is 17.8 Å². The fourth-order valence-electron chi connectivity index (χ4n) is 3.70. The van der Waals surface area contributed by atoms with E-state index in [4.69, 9.17) is 13.8 Å². The zero-order valence-electron chi connectivity index (χ0n) is 18.2. The largest absolute Gasteiger partial charge is 0.505 e. The molecule has 0 aliphatic heterocycles. The van der Waals surface area contributed by atoms with Crippen molar-refractivity contribution in [2.75, 3.05) is 19.6 Å². The number of aromatic nitrogens is 2. The molecule has 2 heterocycles.